The molecule has 114 valence electrons. The van der Waals surface area contributed by atoms with Crippen LogP contribution in [-0.2, 0) is 15.3 Å². The van der Waals surface area contributed by atoms with Crippen LogP contribution in [0.3, 0.4) is 0 Å². The van der Waals surface area contributed by atoms with Gasteiger partial charge in [0.15, 0.2) is 15.7 Å². The van der Waals surface area contributed by atoms with Gasteiger partial charge in [0.05, 0.1) is 0 Å². The van der Waals surface area contributed by atoms with Crippen LogP contribution in [0.15, 0.2) is 35.2 Å². The summed E-state index contributed by atoms with van der Waals surface area (Å²) in [5, 5.41) is 3.68. The van der Waals surface area contributed by atoms with Crippen LogP contribution < -0.4 is 11.1 Å². The Hall–Kier alpha value is -1.60. The number of nitrogen functional groups attached to an aromatic ring is 1. The highest BCUT2D eigenvalue weighted by Gasteiger charge is 2.25. The fourth-order valence-corrected chi connectivity index (χ4v) is 4.12. The maximum Gasteiger partial charge on any atom is 0.182 e. The number of anilines is 2. The molecule has 0 radical (unpaired) electrons. The number of nitrogens with two attached hydrogens (primary N) is 1. The molecule has 0 saturated heterocycles. The number of benzene rings is 1. The molecule has 0 amide bonds. The third-order valence-electron chi connectivity index (χ3n) is 3.29. The Bertz CT molecular complexity index is 722. The minimum Gasteiger partial charge on any atom is -0.382 e. The molecular formula is C14H19N3O2S2. The fourth-order valence-electron chi connectivity index (χ4n) is 2.06. The van der Waals surface area contributed by atoms with Crippen molar-refractivity contribution in [3.05, 3.63) is 35.9 Å². The molecule has 0 spiro atoms. The summed E-state index contributed by atoms with van der Waals surface area (Å²) in [6.07, 6.45) is 1.14. The third kappa shape index (κ3) is 3.54. The molecule has 5 nitrogen and oxygen atoms in total. The summed E-state index contributed by atoms with van der Waals surface area (Å²) in [4.78, 5) is 0.0939. The number of nitrogens with zero attached hydrogens (tertiary/aromatic N) is 1. The molecule has 0 atom stereocenters. The average molecular weight is 325 g/mol. The van der Waals surface area contributed by atoms with Crippen molar-refractivity contribution in [1.82, 2.24) is 4.37 Å². The van der Waals surface area contributed by atoms with E-state index in [1.165, 1.54) is 5.56 Å². The molecular weight excluding hydrogens is 306 g/mol. The van der Waals surface area contributed by atoms with E-state index in [1.54, 1.807) is 0 Å². The van der Waals surface area contributed by atoms with E-state index in [2.05, 4.69) is 35.7 Å². The molecule has 0 saturated carbocycles. The minimum absolute atomic E-state index is 0.0579. The zero-order chi connectivity index (χ0) is 15.7. The second-order valence-electron chi connectivity index (χ2n) is 5.60. The first kappa shape index (κ1) is 15.8. The smallest absolute Gasteiger partial charge is 0.182 e. The normalized spacial score (nSPS) is 12.3. The lowest BCUT2D eigenvalue weighted by atomic mass is 9.85. The van der Waals surface area contributed by atoms with Crippen molar-refractivity contribution in [2.45, 2.75) is 24.2 Å². The van der Waals surface area contributed by atoms with Crippen molar-refractivity contribution < 1.29 is 8.42 Å². The van der Waals surface area contributed by atoms with Gasteiger partial charge in [-0.25, -0.2) is 8.42 Å². The van der Waals surface area contributed by atoms with Gasteiger partial charge in [0, 0.05) is 18.2 Å². The van der Waals surface area contributed by atoms with Crippen molar-refractivity contribution in [2.75, 3.05) is 23.9 Å². The van der Waals surface area contributed by atoms with Gasteiger partial charge < -0.3 is 11.1 Å². The number of rotatable bonds is 5. The molecule has 1 aromatic carbocycles. The van der Waals surface area contributed by atoms with Crippen molar-refractivity contribution in [3.63, 3.8) is 0 Å². The molecule has 0 fully saturated rings. The van der Waals surface area contributed by atoms with Gasteiger partial charge in [0.2, 0.25) is 0 Å². The number of hydrogen-bond acceptors (Lipinski definition) is 6. The average Bonchev–Trinajstić information content (AvgIpc) is 2.79. The number of sulfone groups is 1. The Labute approximate surface area is 129 Å². The van der Waals surface area contributed by atoms with Gasteiger partial charge in [-0.15, -0.1) is 0 Å². The fraction of sp³-hybridized carbons (Fsp3) is 0.357. The Kier molecular flexibility index (Phi) is 4.25. The number of hydrogen-bond donors (Lipinski definition) is 2. The summed E-state index contributed by atoms with van der Waals surface area (Å²) in [5.74, 6) is 0.0579. The number of aromatic nitrogens is 1. The third-order valence-corrected chi connectivity index (χ3v) is 5.39. The standard InChI is InChI=1S/C14H19N3O2S2/c1-14(2,10-7-5-4-6-8-10)9-16-13-11(21(3,18)19)12(15)17-20-13/h4-8,16H,9H2,1-3H3,(H2,15,17). The lowest BCUT2D eigenvalue weighted by molar-refractivity contribution is 0.557. The first-order chi connectivity index (χ1) is 9.72. The topological polar surface area (TPSA) is 85.1 Å². The maximum atomic E-state index is 11.8. The van der Waals surface area contributed by atoms with Crippen LogP contribution >= 0.6 is 11.5 Å². The number of nitrogens with one attached hydrogen (secondary N) is 1. The highest BCUT2D eigenvalue weighted by Crippen LogP contribution is 2.32. The molecule has 1 heterocycles. The Balaban J connectivity index is 2.22. The van der Waals surface area contributed by atoms with Crippen LogP contribution in [0.4, 0.5) is 10.8 Å². The molecule has 1 aromatic heterocycles. The summed E-state index contributed by atoms with van der Waals surface area (Å²) in [6.45, 7) is 4.78. The molecule has 0 aliphatic heterocycles. The van der Waals surface area contributed by atoms with Crippen molar-refractivity contribution >= 4 is 32.2 Å². The van der Waals surface area contributed by atoms with E-state index in [0.29, 0.717) is 11.5 Å². The van der Waals surface area contributed by atoms with Crippen LogP contribution in [0, 0.1) is 0 Å². The van der Waals surface area contributed by atoms with E-state index < -0.39 is 9.84 Å². The summed E-state index contributed by atoms with van der Waals surface area (Å²) in [6, 6.07) is 10.1. The summed E-state index contributed by atoms with van der Waals surface area (Å²) >= 11 is 1.07. The van der Waals surface area contributed by atoms with Gasteiger partial charge in [-0.2, -0.15) is 4.37 Å². The van der Waals surface area contributed by atoms with Gasteiger partial charge in [-0.3, -0.25) is 0 Å². The van der Waals surface area contributed by atoms with Gasteiger partial charge in [-0.1, -0.05) is 44.2 Å². The first-order valence-corrected chi connectivity index (χ1v) is 9.13. The zero-order valence-electron chi connectivity index (χ0n) is 12.3. The predicted octanol–water partition coefficient (Wildman–Crippen LogP) is 2.52. The van der Waals surface area contributed by atoms with E-state index in [0.717, 1.165) is 17.8 Å². The molecule has 0 unspecified atom stereocenters. The quantitative estimate of drug-likeness (QED) is 0.882. The molecule has 0 bridgehead atoms. The van der Waals surface area contributed by atoms with E-state index in [1.807, 2.05) is 18.2 Å². The van der Waals surface area contributed by atoms with Gasteiger partial charge >= 0.3 is 0 Å². The molecule has 21 heavy (non-hydrogen) atoms. The summed E-state index contributed by atoms with van der Waals surface area (Å²) < 4.78 is 27.5. The minimum atomic E-state index is -3.39. The maximum absolute atomic E-state index is 11.8. The molecule has 2 rings (SSSR count). The van der Waals surface area contributed by atoms with Crippen LogP contribution in [0.1, 0.15) is 19.4 Å². The summed E-state index contributed by atoms with van der Waals surface area (Å²) in [7, 11) is -3.39. The molecule has 2 aromatic rings. The van der Waals surface area contributed by atoms with Crippen LogP contribution in [0.25, 0.3) is 0 Å². The Morgan fingerprint density at radius 2 is 1.90 bits per heavy atom. The van der Waals surface area contributed by atoms with E-state index >= 15 is 0 Å². The van der Waals surface area contributed by atoms with Crippen LogP contribution in [0.2, 0.25) is 0 Å². The van der Waals surface area contributed by atoms with Crippen LogP contribution in [0.5, 0.6) is 0 Å². The lowest BCUT2D eigenvalue weighted by Gasteiger charge is -2.25. The van der Waals surface area contributed by atoms with Crippen molar-refractivity contribution in [2.24, 2.45) is 0 Å². The largest absolute Gasteiger partial charge is 0.382 e. The Morgan fingerprint density at radius 3 is 2.48 bits per heavy atom. The monoisotopic (exact) mass is 325 g/mol. The van der Waals surface area contributed by atoms with Crippen molar-refractivity contribution in [3.8, 4) is 0 Å². The molecule has 0 aliphatic carbocycles. The highest BCUT2D eigenvalue weighted by molar-refractivity contribution is 7.91. The second-order valence-corrected chi connectivity index (χ2v) is 8.33. The highest BCUT2D eigenvalue weighted by atomic mass is 32.2. The predicted molar refractivity (Wildman–Crippen MR) is 87.6 cm³/mol. The first-order valence-electron chi connectivity index (χ1n) is 6.46. The Morgan fingerprint density at radius 1 is 1.29 bits per heavy atom. The lowest BCUT2D eigenvalue weighted by Crippen LogP contribution is -2.27. The van der Waals surface area contributed by atoms with Gasteiger partial charge in [0.1, 0.15) is 9.90 Å². The second kappa shape index (κ2) is 5.65. The van der Waals surface area contributed by atoms with Crippen LogP contribution in [-0.4, -0.2) is 25.6 Å². The SMILES string of the molecule is CC(C)(CNc1snc(N)c1S(C)(=O)=O)c1ccccc1. The molecule has 3 N–H and O–H groups in total. The molecule has 0 aliphatic rings. The van der Waals surface area contributed by atoms with E-state index in [-0.39, 0.29) is 16.1 Å². The van der Waals surface area contributed by atoms with Crippen molar-refractivity contribution in [1.29, 1.82) is 0 Å². The van der Waals surface area contributed by atoms with E-state index in [9.17, 15) is 8.42 Å². The van der Waals surface area contributed by atoms with E-state index in [4.69, 9.17) is 5.73 Å². The zero-order valence-corrected chi connectivity index (χ0v) is 13.9. The van der Waals surface area contributed by atoms with Gasteiger partial charge in [-0.05, 0) is 17.1 Å². The molecule has 7 heteroatoms. The summed E-state index contributed by atoms with van der Waals surface area (Å²) in [5.41, 5.74) is 6.69. The van der Waals surface area contributed by atoms with Gasteiger partial charge in [0.25, 0.3) is 0 Å².